The molecule has 0 spiro atoms. The van der Waals surface area contributed by atoms with E-state index in [0.717, 1.165) is 6.07 Å². The molecule has 0 aliphatic heterocycles. The van der Waals surface area contributed by atoms with Crippen LogP contribution in [0.2, 0.25) is 0 Å². The fourth-order valence-electron chi connectivity index (χ4n) is 1.98. The average Bonchev–Trinajstić information content (AvgIpc) is 2.45. The summed E-state index contributed by atoms with van der Waals surface area (Å²) in [5.74, 6) is 0.596. The van der Waals surface area contributed by atoms with Crippen molar-refractivity contribution in [2.24, 2.45) is 0 Å². The van der Waals surface area contributed by atoms with Crippen molar-refractivity contribution in [3.05, 3.63) is 63.6 Å². The van der Waals surface area contributed by atoms with Gasteiger partial charge < -0.3 is 4.74 Å². The third-order valence-corrected chi connectivity index (χ3v) is 4.18. The van der Waals surface area contributed by atoms with Gasteiger partial charge in [0.1, 0.15) is 5.75 Å². The number of halogens is 5. The molecule has 2 aromatic carbocycles. The van der Waals surface area contributed by atoms with Crippen LogP contribution < -0.4 is 4.74 Å². The second kappa shape index (κ2) is 6.28. The minimum Gasteiger partial charge on any atom is -0.497 e. The lowest BCUT2D eigenvalue weighted by atomic mass is 9.99. The number of benzene rings is 2. The SMILES string of the molecule is COc1ccc(C(Cl)c2ccccc2C(F)(F)F)c(Br)c1. The fraction of sp³-hybridized carbons (Fsp3) is 0.200. The molecule has 0 amide bonds. The molecule has 1 atom stereocenters. The van der Waals surface area contributed by atoms with Crippen LogP contribution in [0.15, 0.2) is 46.9 Å². The molecule has 6 heteroatoms. The molecule has 1 unspecified atom stereocenters. The van der Waals surface area contributed by atoms with E-state index >= 15 is 0 Å². The summed E-state index contributed by atoms with van der Waals surface area (Å²) in [5, 5.41) is -0.914. The van der Waals surface area contributed by atoms with Crippen LogP contribution >= 0.6 is 27.5 Å². The molecule has 0 saturated heterocycles. The summed E-state index contributed by atoms with van der Waals surface area (Å²) in [6.07, 6.45) is -4.44. The number of ether oxygens (including phenoxy) is 1. The van der Waals surface area contributed by atoms with Gasteiger partial charge in [-0.1, -0.05) is 40.2 Å². The lowest BCUT2D eigenvalue weighted by molar-refractivity contribution is -0.138. The highest BCUT2D eigenvalue weighted by Crippen LogP contribution is 2.41. The maximum atomic E-state index is 13.1. The molecule has 112 valence electrons. The van der Waals surface area contributed by atoms with E-state index in [-0.39, 0.29) is 5.56 Å². The van der Waals surface area contributed by atoms with E-state index in [1.165, 1.54) is 25.3 Å². The van der Waals surface area contributed by atoms with Crippen LogP contribution in [-0.2, 0) is 6.18 Å². The van der Waals surface area contributed by atoms with Crippen LogP contribution in [0.5, 0.6) is 5.75 Å². The van der Waals surface area contributed by atoms with Crippen LogP contribution in [0, 0.1) is 0 Å². The summed E-state index contributed by atoms with van der Waals surface area (Å²) in [5.41, 5.74) is -0.153. The molecular formula is C15H11BrClF3O. The van der Waals surface area contributed by atoms with Crippen molar-refractivity contribution in [3.8, 4) is 5.75 Å². The molecule has 0 N–H and O–H groups in total. The van der Waals surface area contributed by atoms with E-state index < -0.39 is 17.1 Å². The van der Waals surface area contributed by atoms with E-state index in [2.05, 4.69) is 15.9 Å². The number of alkyl halides is 4. The maximum absolute atomic E-state index is 13.1. The first kappa shape index (κ1) is 16.2. The molecule has 0 aliphatic carbocycles. The highest BCUT2D eigenvalue weighted by molar-refractivity contribution is 9.10. The third-order valence-electron chi connectivity index (χ3n) is 3.02. The van der Waals surface area contributed by atoms with Crippen LogP contribution in [0.1, 0.15) is 22.1 Å². The van der Waals surface area contributed by atoms with Gasteiger partial charge in [-0.3, -0.25) is 0 Å². The molecule has 0 fully saturated rings. The van der Waals surface area contributed by atoms with E-state index in [4.69, 9.17) is 16.3 Å². The Morgan fingerprint density at radius 2 is 1.76 bits per heavy atom. The largest absolute Gasteiger partial charge is 0.497 e. The van der Waals surface area contributed by atoms with Crippen molar-refractivity contribution in [1.29, 1.82) is 0 Å². The minimum atomic E-state index is -4.44. The van der Waals surface area contributed by atoms with Crippen molar-refractivity contribution in [2.45, 2.75) is 11.6 Å². The van der Waals surface area contributed by atoms with Gasteiger partial charge in [0.05, 0.1) is 18.1 Å². The second-order valence-electron chi connectivity index (χ2n) is 4.34. The van der Waals surface area contributed by atoms with Crippen molar-refractivity contribution in [1.82, 2.24) is 0 Å². The minimum absolute atomic E-state index is 0.0255. The number of methoxy groups -OCH3 is 1. The van der Waals surface area contributed by atoms with Crippen LogP contribution in [-0.4, -0.2) is 7.11 Å². The van der Waals surface area contributed by atoms with Crippen molar-refractivity contribution in [3.63, 3.8) is 0 Å². The summed E-state index contributed by atoms with van der Waals surface area (Å²) in [7, 11) is 1.51. The Labute approximate surface area is 133 Å². The van der Waals surface area contributed by atoms with Gasteiger partial charge in [-0.2, -0.15) is 13.2 Å². The lowest BCUT2D eigenvalue weighted by Gasteiger charge is -2.18. The van der Waals surface area contributed by atoms with E-state index in [0.29, 0.717) is 15.8 Å². The summed E-state index contributed by atoms with van der Waals surface area (Å²) in [6, 6.07) is 10.3. The predicted molar refractivity (Wildman–Crippen MR) is 79.8 cm³/mol. The third kappa shape index (κ3) is 3.52. The molecule has 0 aliphatic rings. The topological polar surface area (TPSA) is 9.23 Å². The monoisotopic (exact) mass is 378 g/mol. The van der Waals surface area contributed by atoms with Gasteiger partial charge in [-0.05, 0) is 29.3 Å². The highest BCUT2D eigenvalue weighted by atomic mass is 79.9. The van der Waals surface area contributed by atoms with Gasteiger partial charge in [-0.25, -0.2) is 0 Å². The predicted octanol–water partition coefficient (Wildman–Crippen LogP) is 5.80. The standard InChI is InChI=1S/C15H11BrClF3O/c1-21-9-6-7-11(13(16)8-9)14(17)10-4-2-3-5-12(10)15(18,19)20/h2-8,14H,1H3. The van der Waals surface area contributed by atoms with Crippen LogP contribution in [0.4, 0.5) is 13.2 Å². The Bertz CT molecular complexity index is 643. The Kier molecular flexibility index (Phi) is 4.84. The second-order valence-corrected chi connectivity index (χ2v) is 5.63. The fourth-order valence-corrected chi connectivity index (χ4v) is 3.08. The van der Waals surface area contributed by atoms with Gasteiger partial charge >= 0.3 is 6.18 Å². The molecule has 0 heterocycles. The van der Waals surface area contributed by atoms with Crippen molar-refractivity contribution in [2.75, 3.05) is 7.11 Å². The molecule has 0 aromatic heterocycles. The zero-order valence-corrected chi connectivity index (χ0v) is 13.3. The quantitative estimate of drug-likeness (QED) is 0.612. The molecule has 2 rings (SSSR count). The molecular weight excluding hydrogens is 369 g/mol. The first-order valence-electron chi connectivity index (χ1n) is 5.98. The van der Waals surface area contributed by atoms with Gasteiger partial charge in [-0.15, -0.1) is 11.6 Å². The van der Waals surface area contributed by atoms with Crippen molar-refractivity contribution < 1.29 is 17.9 Å². The van der Waals surface area contributed by atoms with Crippen LogP contribution in [0.25, 0.3) is 0 Å². The Morgan fingerprint density at radius 1 is 1.10 bits per heavy atom. The normalized spacial score (nSPS) is 13.0. The Morgan fingerprint density at radius 3 is 2.33 bits per heavy atom. The molecule has 0 radical (unpaired) electrons. The average molecular weight is 380 g/mol. The first-order chi connectivity index (χ1) is 9.84. The van der Waals surface area contributed by atoms with E-state index in [1.54, 1.807) is 18.2 Å². The molecule has 2 aromatic rings. The summed E-state index contributed by atoms with van der Waals surface area (Å²) in [6.45, 7) is 0. The number of hydrogen-bond acceptors (Lipinski definition) is 1. The van der Waals surface area contributed by atoms with E-state index in [9.17, 15) is 13.2 Å². The van der Waals surface area contributed by atoms with Gasteiger partial charge in [0.25, 0.3) is 0 Å². The lowest BCUT2D eigenvalue weighted by Crippen LogP contribution is -2.10. The summed E-state index contributed by atoms with van der Waals surface area (Å²) in [4.78, 5) is 0. The van der Waals surface area contributed by atoms with Gasteiger partial charge in [0, 0.05) is 4.47 Å². The molecule has 0 bridgehead atoms. The summed E-state index contributed by atoms with van der Waals surface area (Å²) >= 11 is 9.59. The Balaban J connectivity index is 2.48. The zero-order valence-electron chi connectivity index (χ0n) is 10.9. The van der Waals surface area contributed by atoms with Crippen molar-refractivity contribution >= 4 is 27.5 Å². The molecule has 21 heavy (non-hydrogen) atoms. The first-order valence-corrected chi connectivity index (χ1v) is 7.21. The van der Waals surface area contributed by atoms with E-state index in [1.807, 2.05) is 0 Å². The smallest absolute Gasteiger partial charge is 0.416 e. The zero-order chi connectivity index (χ0) is 15.6. The Hall–Kier alpha value is -1.20. The number of rotatable bonds is 3. The van der Waals surface area contributed by atoms with Gasteiger partial charge in [0.15, 0.2) is 0 Å². The maximum Gasteiger partial charge on any atom is 0.416 e. The number of hydrogen-bond donors (Lipinski definition) is 0. The van der Waals surface area contributed by atoms with Gasteiger partial charge in [0.2, 0.25) is 0 Å². The molecule has 1 nitrogen and oxygen atoms in total. The summed E-state index contributed by atoms with van der Waals surface area (Å²) < 4.78 is 44.8. The molecule has 0 saturated carbocycles. The highest BCUT2D eigenvalue weighted by Gasteiger charge is 2.35. The van der Waals surface area contributed by atoms with Crippen LogP contribution in [0.3, 0.4) is 0 Å².